The van der Waals surface area contributed by atoms with Gasteiger partial charge in [0.05, 0.1) is 19.1 Å². The van der Waals surface area contributed by atoms with Crippen molar-refractivity contribution in [2.75, 3.05) is 11.9 Å². The number of hydrogen-bond acceptors (Lipinski definition) is 6. The van der Waals surface area contributed by atoms with E-state index < -0.39 is 35.6 Å². The molecular formula is C30H33N3O5. The molecule has 198 valence electrons. The van der Waals surface area contributed by atoms with Crippen molar-refractivity contribution >= 4 is 29.1 Å². The monoisotopic (exact) mass is 515 g/mol. The molecule has 1 unspecified atom stereocenters. The first kappa shape index (κ1) is 28.4. The number of amides is 2. The Morgan fingerprint density at radius 3 is 1.97 bits per heavy atom. The van der Waals surface area contributed by atoms with Crippen LogP contribution in [0.25, 0.3) is 0 Å². The number of ether oxygens (including phenoxy) is 1. The molecule has 0 heterocycles. The van der Waals surface area contributed by atoms with Gasteiger partial charge in [-0.3, -0.25) is 19.2 Å². The molecule has 0 aliphatic rings. The summed E-state index contributed by atoms with van der Waals surface area (Å²) < 4.78 is 5.60. The number of para-hydroxylation sites is 1. The lowest BCUT2D eigenvalue weighted by Crippen LogP contribution is -2.62. The molecule has 3 rings (SSSR count). The van der Waals surface area contributed by atoms with Crippen molar-refractivity contribution in [3.63, 3.8) is 0 Å². The fraction of sp³-hybridized carbons (Fsp3) is 0.267. The highest BCUT2D eigenvalue weighted by molar-refractivity contribution is 6.14. The molecule has 4 N–H and O–H groups in total. The molecule has 8 heteroatoms. The summed E-state index contributed by atoms with van der Waals surface area (Å²) in [5, 5.41) is 5.27. The molecule has 0 bridgehead atoms. The van der Waals surface area contributed by atoms with E-state index in [4.69, 9.17) is 10.5 Å². The fourth-order valence-corrected chi connectivity index (χ4v) is 3.85. The third kappa shape index (κ3) is 8.47. The van der Waals surface area contributed by atoms with Crippen molar-refractivity contribution in [1.82, 2.24) is 5.32 Å². The Morgan fingerprint density at radius 2 is 1.39 bits per heavy atom. The Balaban J connectivity index is 1.69. The standard InChI is InChI=1S/C30H33N3O5/c1-22(34)30(31,19-28(36)32-25-15-9-4-10-16-25)29(37)33-26(18-17-23-11-5-2-6-12-23)27(35)21-38-20-24-13-7-3-8-14-24/h2-16,26H,17-21,31H2,1H3,(H,32,36)(H,33,37)/t26?,30-/m1/s1. The van der Waals surface area contributed by atoms with E-state index in [1.807, 2.05) is 60.7 Å². The summed E-state index contributed by atoms with van der Waals surface area (Å²) in [5.41, 5.74) is 6.46. The van der Waals surface area contributed by atoms with Crippen LogP contribution in [0, 0.1) is 0 Å². The molecule has 38 heavy (non-hydrogen) atoms. The summed E-state index contributed by atoms with van der Waals surface area (Å²) in [6, 6.07) is 26.6. The molecule has 0 spiro atoms. The second kappa shape index (κ2) is 14.0. The Bertz CT molecular complexity index is 1220. The molecule has 0 fully saturated rings. The normalized spacial score (nSPS) is 13.1. The fourth-order valence-electron chi connectivity index (χ4n) is 3.85. The van der Waals surface area contributed by atoms with E-state index in [1.54, 1.807) is 30.3 Å². The van der Waals surface area contributed by atoms with Gasteiger partial charge in [-0.25, -0.2) is 0 Å². The molecular weight excluding hydrogens is 482 g/mol. The van der Waals surface area contributed by atoms with Gasteiger partial charge >= 0.3 is 0 Å². The van der Waals surface area contributed by atoms with Gasteiger partial charge in [0, 0.05) is 5.69 Å². The van der Waals surface area contributed by atoms with Crippen LogP contribution in [-0.4, -0.2) is 41.6 Å². The minimum atomic E-state index is -2.14. The summed E-state index contributed by atoms with van der Waals surface area (Å²) in [7, 11) is 0. The predicted molar refractivity (Wildman–Crippen MR) is 145 cm³/mol. The number of rotatable bonds is 14. The van der Waals surface area contributed by atoms with E-state index in [9.17, 15) is 19.2 Å². The average Bonchev–Trinajstić information content (AvgIpc) is 2.92. The molecule has 8 nitrogen and oxygen atoms in total. The van der Waals surface area contributed by atoms with Gasteiger partial charge in [-0.15, -0.1) is 0 Å². The van der Waals surface area contributed by atoms with Crippen molar-refractivity contribution in [3.05, 3.63) is 102 Å². The van der Waals surface area contributed by atoms with E-state index in [0.29, 0.717) is 12.1 Å². The van der Waals surface area contributed by atoms with Crippen LogP contribution < -0.4 is 16.4 Å². The summed E-state index contributed by atoms with van der Waals surface area (Å²) in [6.07, 6.45) is 0.197. The van der Waals surface area contributed by atoms with Gasteiger partial charge in [-0.2, -0.15) is 0 Å². The van der Waals surface area contributed by atoms with Crippen LogP contribution in [0.15, 0.2) is 91.0 Å². The van der Waals surface area contributed by atoms with Crippen LogP contribution in [0.4, 0.5) is 5.69 Å². The van der Waals surface area contributed by atoms with E-state index in [-0.39, 0.29) is 25.4 Å². The number of aryl methyl sites for hydroxylation is 1. The van der Waals surface area contributed by atoms with E-state index in [0.717, 1.165) is 18.1 Å². The van der Waals surface area contributed by atoms with Crippen molar-refractivity contribution in [1.29, 1.82) is 0 Å². The summed E-state index contributed by atoms with van der Waals surface area (Å²) in [4.78, 5) is 51.5. The lowest BCUT2D eigenvalue weighted by atomic mass is 9.89. The molecule has 0 saturated carbocycles. The van der Waals surface area contributed by atoms with Crippen LogP contribution in [0.3, 0.4) is 0 Å². The van der Waals surface area contributed by atoms with Crippen molar-refractivity contribution in [3.8, 4) is 0 Å². The first-order valence-corrected chi connectivity index (χ1v) is 12.4. The highest BCUT2D eigenvalue weighted by atomic mass is 16.5. The van der Waals surface area contributed by atoms with Crippen LogP contribution in [0.1, 0.15) is 30.9 Å². The minimum absolute atomic E-state index is 0.235. The molecule has 0 aliphatic carbocycles. The maximum absolute atomic E-state index is 13.3. The minimum Gasteiger partial charge on any atom is -0.369 e. The number of Topliss-reactive ketones (excluding diaryl/α,β-unsaturated/α-hetero) is 2. The number of hydrogen-bond donors (Lipinski definition) is 3. The van der Waals surface area contributed by atoms with Crippen LogP contribution in [0.5, 0.6) is 0 Å². The van der Waals surface area contributed by atoms with E-state index in [2.05, 4.69) is 10.6 Å². The third-order valence-electron chi connectivity index (χ3n) is 6.14. The number of benzene rings is 3. The van der Waals surface area contributed by atoms with Crippen molar-refractivity contribution in [2.24, 2.45) is 5.73 Å². The number of nitrogens with one attached hydrogen (secondary N) is 2. The number of anilines is 1. The van der Waals surface area contributed by atoms with Gasteiger partial charge in [0.25, 0.3) is 0 Å². The SMILES string of the molecule is CC(=O)[C@](N)(CC(=O)Nc1ccccc1)C(=O)NC(CCc1ccccc1)C(=O)COCc1ccccc1. The molecule has 3 aromatic rings. The highest BCUT2D eigenvalue weighted by Crippen LogP contribution is 2.15. The molecule has 2 amide bonds. The smallest absolute Gasteiger partial charge is 0.248 e. The second-order valence-electron chi connectivity index (χ2n) is 9.11. The van der Waals surface area contributed by atoms with Gasteiger partial charge in [-0.1, -0.05) is 78.9 Å². The van der Waals surface area contributed by atoms with Crippen LogP contribution in [0.2, 0.25) is 0 Å². The van der Waals surface area contributed by atoms with Crippen LogP contribution >= 0.6 is 0 Å². The van der Waals surface area contributed by atoms with Crippen molar-refractivity contribution in [2.45, 2.75) is 44.4 Å². The maximum Gasteiger partial charge on any atom is 0.248 e. The Hall–Kier alpha value is -4.14. The quantitative estimate of drug-likeness (QED) is 0.283. The largest absolute Gasteiger partial charge is 0.369 e. The zero-order chi connectivity index (χ0) is 27.4. The summed E-state index contributed by atoms with van der Waals surface area (Å²) in [5.74, 6) is -2.53. The van der Waals surface area contributed by atoms with Crippen LogP contribution in [-0.2, 0) is 36.9 Å². The Morgan fingerprint density at radius 1 is 0.842 bits per heavy atom. The molecule has 0 aromatic heterocycles. The van der Waals surface area contributed by atoms with Gasteiger partial charge < -0.3 is 21.1 Å². The number of carbonyl (C=O) groups excluding carboxylic acids is 4. The molecule has 0 saturated heterocycles. The lowest BCUT2D eigenvalue weighted by molar-refractivity contribution is -0.140. The number of ketones is 2. The van der Waals surface area contributed by atoms with Crippen molar-refractivity contribution < 1.29 is 23.9 Å². The topological polar surface area (TPSA) is 128 Å². The lowest BCUT2D eigenvalue weighted by Gasteiger charge is -2.28. The highest BCUT2D eigenvalue weighted by Gasteiger charge is 2.42. The van der Waals surface area contributed by atoms with Gasteiger partial charge in [0.15, 0.2) is 17.1 Å². The van der Waals surface area contributed by atoms with Gasteiger partial charge in [0.2, 0.25) is 11.8 Å². The zero-order valence-corrected chi connectivity index (χ0v) is 21.4. The van der Waals surface area contributed by atoms with E-state index in [1.165, 1.54) is 0 Å². The molecule has 0 radical (unpaired) electrons. The summed E-state index contributed by atoms with van der Waals surface area (Å²) >= 11 is 0. The number of carbonyl (C=O) groups is 4. The second-order valence-corrected chi connectivity index (χ2v) is 9.11. The summed E-state index contributed by atoms with van der Waals surface area (Å²) in [6.45, 7) is 1.15. The van der Waals surface area contributed by atoms with E-state index >= 15 is 0 Å². The maximum atomic E-state index is 13.3. The molecule has 3 aromatic carbocycles. The predicted octanol–water partition coefficient (Wildman–Crippen LogP) is 3.21. The first-order chi connectivity index (χ1) is 18.3. The zero-order valence-electron chi connectivity index (χ0n) is 21.4. The average molecular weight is 516 g/mol. The third-order valence-corrected chi connectivity index (χ3v) is 6.14. The molecule has 2 atom stereocenters. The number of nitrogens with two attached hydrogens (primary N) is 1. The van der Waals surface area contributed by atoms with Gasteiger partial charge in [-0.05, 0) is 43.0 Å². The molecule has 0 aliphatic heterocycles. The van der Waals surface area contributed by atoms with Gasteiger partial charge in [0.1, 0.15) is 6.61 Å². The Kier molecular flexibility index (Phi) is 10.5. The first-order valence-electron chi connectivity index (χ1n) is 12.4. The Labute approximate surface area is 222 Å².